The van der Waals surface area contributed by atoms with Crippen molar-refractivity contribution in [1.29, 1.82) is 0 Å². The van der Waals surface area contributed by atoms with Crippen molar-refractivity contribution in [3.63, 3.8) is 0 Å². The summed E-state index contributed by atoms with van der Waals surface area (Å²) < 4.78 is 6.59. The number of nitrogens with zero attached hydrogens (tertiary/aromatic N) is 3. The van der Waals surface area contributed by atoms with Gasteiger partial charge in [-0.2, -0.15) is 5.10 Å². The molecule has 3 rings (SSSR count). The summed E-state index contributed by atoms with van der Waals surface area (Å²) in [5.41, 5.74) is 0.978. The zero-order valence-corrected chi connectivity index (χ0v) is 15.2. The van der Waals surface area contributed by atoms with Gasteiger partial charge < -0.3 is 15.0 Å². The Bertz CT molecular complexity index is 954. The van der Waals surface area contributed by atoms with Crippen LogP contribution in [0.2, 0.25) is 0 Å². The molecule has 0 spiro atoms. The van der Waals surface area contributed by atoms with Crippen LogP contribution >= 0.6 is 11.8 Å². The summed E-state index contributed by atoms with van der Waals surface area (Å²) >= 11 is 1.16. The lowest BCUT2D eigenvalue weighted by molar-refractivity contribution is -0.119. The maximum absolute atomic E-state index is 12.3. The molecule has 0 aliphatic carbocycles. The number of hydrogen-bond acceptors (Lipinski definition) is 6. The zero-order chi connectivity index (χ0) is 18.5. The van der Waals surface area contributed by atoms with E-state index in [1.807, 2.05) is 37.3 Å². The Hall–Kier alpha value is -2.65. The summed E-state index contributed by atoms with van der Waals surface area (Å²) in [6.07, 6.45) is 1.49. The van der Waals surface area contributed by atoms with Gasteiger partial charge in [-0.25, -0.2) is 9.67 Å². The molecular formula is C17H19N5O3S. The van der Waals surface area contributed by atoms with Crippen LogP contribution in [0.25, 0.3) is 16.7 Å². The number of hydrogen-bond donors (Lipinski definition) is 2. The number of nitrogens with one attached hydrogen (secondary N) is 2. The first-order chi connectivity index (χ1) is 12.6. The van der Waals surface area contributed by atoms with Gasteiger partial charge in [-0.05, 0) is 19.1 Å². The first-order valence-electron chi connectivity index (χ1n) is 8.03. The molecule has 1 aromatic carbocycles. The summed E-state index contributed by atoms with van der Waals surface area (Å²) in [5, 5.41) is 7.84. The molecule has 2 heterocycles. The molecule has 2 N–H and O–H groups in total. The molecule has 26 heavy (non-hydrogen) atoms. The number of aromatic amines is 1. The summed E-state index contributed by atoms with van der Waals surface area (Å²) in [7, 11) is 1.58. The molecule has 0 unspecified atom stereocenters. The molecule has 0 saturated heterocycles. The summed E-state index contributed by atoms with van der Waals surface area (Å²) in [5.74, 6) is -0.0130. The van der Waals surface area contributed by atoms with Crippen molar-refractivity contribution < 1.29 is 9.53 Å². The molecule has 0 aliphatic heterocycles. The van der Waals surface area contributed by atoms with Crippen molar-refractivity contribution in [3.8, 4) is 5.69 Å². The molecule has 0 bridgehead atoms. The second-order valence-electron chi connectivity index (χ2n) is 5.71. The Kier molecular flexibility index (Phi) is 5.69. The Morgan fingerprint density at radius 1 is 1.38 bits per heavy atom. The van der Waals surface area contributed by atoms with Crippen LogP contribution in [0.3, 0.4) is 0 Å². The van der Waals surface area contributed by atoms with Crippen molar-refractivity contribution >= 4 is 28.7 Å². The van der Waals surface area contributed by atoms with Crippen LogP contribution < -0.4 is 10.9 Å². The van der Waals surface area contributed by atoms with Gasteiger partial charge in [0.1, 0.15) is 5.39 Å². The molecular weight excluding hydrogens is 354 g/mol. The lowest BCUT2D eigenvalue weighted by Crippen LogP contribution is -2.36. The predicted molar refractivity (Wildman–Crippen MR) is 99.7 cm³/mol. The number of ether oxygens (including phenoxy) is 1. The van der Waals surface area contributed by atoms with Crippen LogP contribution in [0.15, 0.2) is 46.5 Å². The van der Waals surface area contributed by atoms with E-state index in [0.717, 1.165) is 17.4 Å². The summed E-state index contributed by atoms with van der Waals surface area (Å²) in [6, 6.07) is 9.36. The molecule has 9 heteroatoms. The molecule has 0 aliphatic rings. The van der Waals surface area contributed by atoms with Gasteiger partial charge in [-0.15, -0.1) is 0 Å². The minimum Gasteiger partial charge on any atom is -0.383 e. The molecule has 0 radical (unpaired) electrons. The van der Waals surface area contributed by atoms with Crippen molar-refractivity contribution in [2.45, 2.75) is 18.1 Å². The number of rotatable bonds is 7. The van der Waals surface area contributed by atoms with E-state index in [-0.39, 0.29) is 23.3 Å². The van der Waals surface area contributed by atoms with Crippen molar-refractivity contribution in [1.82, 2.24) is 25.1 Å². The molecule has 0 saturated carbocycles. The van der Waals surface area contributed by atoms with Crippen molar-refractivity contribution in [3.05, 3.63) is 46.9 Å². The van der Waals surface area contributed by atoms with E-state index in [2.05, 4.69) is 20.4 Å². The van der Waals surface area contributed by atoms with Crippen LogP contribution in [0.4, 0.5) is 0 Å². The second-order valence-corrected chi connectivity index (χ2v) is 6.68. The number of H-pyrrole nitrogens is 1. The van der Waals surface area contributed by atoms with Gasteiger partial charge in [-0.1, -0.05) is 30.0 Å². The van der Waals surface area contributed by atoms with Crippen LogP contribution in [0.5, 0.6) is 0 Å². The molecule has 1 atom stereocenters. The molecule has 1 amide bonds. The third kappa shape index (κ3) is 4.12. The van der Waals surface area contributed by atoms with Gasteiger partial charge in [0.15, 0.2) is 10.8 Å². The lowest BCUT2D eigenvalue weighted by atomic mass is 10.3. The van der Waals surface area contributed by atoms with Gasteiger partial charge in [0, 0.05) is 13.2 Å². The number of methoxy groups -OCH3 is 1. The highest BCUT2D eigenvalue weighted by Gasteiger charge is 2.13. The van der Waals surface area contributed by atoms with Gasteiger partial charge in [0.05, 0.1) is 24.2 Å². The monoisotopic (exact) mass is 373 g/mol. The number of fused-ring (bicyclic) bond motifs is 1. The largest absolute Gasteiger partial charge is 0.383 e. The average molecular weight is 373 g/mol. The molecule has 2 aromatic heterocycles. The van der Waals surface area contributed by atoms with Gasteiger partial charge >= 0.3 is 0 Å². The van der Waals surface area contributed by atoms with Gasteiger partial charge in [-0.3, -0.25) is 9.59 Å². The van der Waals surface area contributed by atoms with Gasteiger partial charge in [0.2, 0.25) is 5.91 Å². The fourth-order valence-electron chi connectivity index (χ4n) is 2.47. The number of benzene rings is 1. The standard InChI is InChI=1S/C17H19N5O3S/c1-11(9-25-2)19-14(23)10-26-17-20-15-13(16(24)21-17)8-18-22(15)12-6-4-3-5-7-12/h3-8,11H,9-10H2,1-2H3,(H,19,23)(H,20,21,24)/t11-/m1/s1. The maximum atomic E-state index is 12.3. The molecule has 0 fully saturated rings. The van der Waals surface area contributed by atoms with Crippen molar-refractivity contribution in [2.75, 3.05) is 19.5 Å². The molecule has 3 aromatic rings. The van der Waals surface area contributed by atoms with E-state index in [1.54, 1.807) is 11.8 Å². The van der Waals surface area contributed by atoms with Crippen LogP contribution in [0.1, 0.15) is 6.92 Å². The van der Waals surface area contributed by atoms with Crippen LogP contribution in [-0.2, 0) is 9.53 Å². The zero-order valence-electron chi connectivity index (χ0n) is 14.4. The molecule has 8 nitrogen and oxygen atoms in total. The number of thioether (sulfide) groups is 1. The average Bonchev–Trinajstić information content (AvgIpc) is 3.05. The minimum absolute atomic E-state index is 0.0814. The fourth-order valence-corrected chi connectivity index (χ4v) is 3.13. The second kappa shape index (κ2) is 8.15. The summed E-state index contributed by atoms with van der Waals surface area (Å²) in [6.45, 7) is 2.30. The highest BCUT2D eigenvalue weighted by atomic mass is 32.2. The lowest BCUT2D eigenvalue weighted by Gasteiger charge is -2.12. The van der Waals surface area contributed by atoms with Gasteiger partial charge in [0.25, 0.3) is 5.56 Å². The van der Waals surface area contributed by atoms with Crippen molar-refractivity contribution in [2.24, 2.45) is 0 Å². The smallest absolute Gasteiger partial charge is 0.262 e. The molecule has 136 valence electrons. The Labute approximate surface area is 154 Å². The van der Waals surface area contributed by atoms with E-state index in [1.165, 1.54) is 6.20 Å². The fraction of sp³-hybridized carbons (Fsp3) is 0.294. The first-order valence-corrected chi connectivity index (χ1v) is 9.01. The number of carbonyl (C=O) groups is 1. The Morgan fingerprint density at radius 2 is 2.15 bits per heavy atom. The Morgan fingerprint density at radius 3 is 2.88 bits per heavy atom. The number of carbonyl (C=O) groups excluding carboxylic acids is 1. The highest BCUT2D eigenvalue weighted by Crippen LogP contribution is 2.17. The third-order valence-corrected chi connectivity index (χ3v) is 4.45. The number of amides is 1. The highest BCUT2D eigenvalue weighted by molar-refractivity contribution is 7.99. The SMILES string of the molecule is COC[C@@H](C)NC(=O)CSc1nc2c(cnn2-c2ccccc2)c(=O)[nH]1. The minimum atomic E-state index is -0.284. The number of aromatic nitrogens is 4. The van der Waals surface area contributed by atoms with E-state index in [0.29, 0.717) is 22.8 Å². The predicted octanol–water partition coefficient (Wildman–Crippen LogP) is 1.35. The Balaban J connectivity index is 1.80. The van der Waals surface area contributed by atoms with Crippen LogP contribution in [-0.4, -0.2) is 51.2 Å². The van der Waals surface area contributed by atoms with E-state index >= 15 is 0 Å². The summed E-state index contributed by atoms with van der Waals surface area (Å²) in [4.78, 5) is 31.4. The van der Waals surface area contributed by atoms with E-state index < -0.39 is 0 Å². The van der Waals surface area contributed by atoms with E-state index in [4.69, 9.17) is 4.74 Å². The topological polar surface area (TPSA) is 102 Å². The quantitative estimate of drug-likeness (QED) is 0.479. The third-order valence-electron chi connectivity index (χ3n) is 3.58. The van der Waals surface area contributed by atoms with Crippen LogP contribution in [0, 0.1) is 0 Å². The first kappa shape index (κ1) is 18.2. The maximum Gasteiger partial charge on any atom is 0.262 e. The van der Waals surface area contributed by atoms with E-state index in [9.17, 15) is 9.59 Å². The normalized spacial score (nSPS) is 12.2. The number of para-hydroxylation sites is 1.